The van der Waals surface area contributed by atoms with E-state index in [1.807, 2.05) is 24.3 Å². The predicted molar refractivity (Wildman–Crippen MR) is 71.8 cm³/mol. The molecular weight excluding hydrogens is 242 g/mol. The summed E-state index contributed by atoms with van der Waals surface area (Å²) in [5, 5.41) is 14.6. The second-order valence-electron chi connectivity index (χ2n) is 4.20. The van der Waals surface area contributed by atoms with Gasteiger partial charge in [-0.2, -0.15) is 4.73 Å². The normalized spacial score (nSPS) is 10.8. The van der Waals surface area contributed by atoms with Crippen molar-refractivity contribution in [3.63, 3.8) is 0 Å². The highest BCUT2D eigenvalue weighted by atomic mass is 16.5. The molecule has 1 heterocycles. The van der Waals surface area contributed by atoms with Crippen LogP contribution in [0.2, 0.25) is 0 Å². The molecule has 0 aliphatic heterocycles. The number of para-hydroxylation sites is 1. The quantitative estimate of drug-likeness (QED) is 0.289. The number of pyridine rings is 1. The summed E-state index contributed by atoms with van der Waals surface area (Å²) in [7, 11) is 1.27. The van der Waals surface area contributed by atoms with Crippen molar-refractivity contribution in [2.75, 3.05) is 7.11 Å². The van der Waals surface area contributed by atoms with Gasteiger partial charge in [0.2, 0.25) is 5.52 Å². The summed E-state index contributed by atoms with van der Waals surface area (Å²) < 4.78 is 5.36. The highest BCUT2D eigenvalue weighted by molar-refractivity contribution is 6.11. The molecule has 1 aromatic heterocycles. The monoisotopic (exact) mass is 253 g/mol. The molecule has 0 aliphatic carbocycles. The summed E-state index contributed by atoms with van der Waals surface area (Å²) in [5.74, 6) is -0.628. The number of rotatable bonds is 1. The largest absolute Gasteiger partial charge is 0.618 e. The Morgan fingerprint density at radius 2 is 1.58 bits per heavy atom. The summed E-state index contributed by atoms with van der Waals surface area (Å²) >= 11 is 0. The lowest BCUT2D eigenvalue weighted by Gasteiger charge is -2.10. The Kier molecular flexibility index (Phi) is 2.56. The molecule has 0 aliphatic rings. The third-order valence-electron chi connectivity index (χ3n) is 3.18. The van der Waals surface area contributed by atoms with Gasteiger partial charge < -0.3 is 9.94 Å². The summed E-state index contributed by atoms with van der Waals surface area (Å²) in [5.41, 5.74) is 0.485. The van der Waals surface area contributed by atoms with Gasteiger partial charge in [0.1, 0.15) is 0 Å². The van der Waals surface area contributed by atoms with E-state index in [2.05, 4.69) is 0 Å². The minimum atomic E-state index is -0.628. The van der Waals surface area contributed by atoms with E-state index in [1.54, 1.807) is 24.3 Å². The minimum absolute atomic E-state index is 0.0248. The standard InChI is InChI=1S/C15H11NO3/c1-19-15(17)14-12-8-3-2-6-10(12)11-7-4-5-9-13(11)16(14)18/h2-9H,1H3. The highest BCUT2D eigenvalue weighted by Crippen LogP contribution is 2.25. The van der Waals surface area contributed by atoms with Crippen LogP contribution in [0.15, 0.2) is 48.5 Å². The molecule has 3 aromatic rings. The molecular formula is C15H11NO3. The van der Waals surface area contributed by atoms with Crippen LogP contribution in [0.5, 0.6) is 0 Å². The molecule has 0 spiro atoms. The molecule has 4 heteroatoms. The average Bonchev–Trinajstić information content (AvgIpc) is 2.47. The van der Waals surface area contributed by atoms with Crippen LogP contribution in [0.1, 0.15) is 10.5 Å². The van der Waals surface area contributed by atoms with Crippen molar-refractivity contribution in [3.8, 4) is 0 Å². The first-order chi connectivity index (χ1) is 9.24. The zero-order valence-corrected chi connectivity index (χ0v) is 10.3. The molecule has 0 radical (unpaired) electrons. The SMILES string of the molecule is COC(=O)c1c2ccccc2c2ccccc2[n+]1[O-]. The van der Waals surface area contributed by atoms with Gasteiger partial charge in [-0.25, -0.2) is 4.79 Å². The molecule has 0 saturated carbocycles. The first-order valence-electron chi connectivity index (χ1n) is 5.85. The van der Waals surface area contributed by atoms with Crippen molar-refractivity contribution in [3.05, 3.63) is 59.4 Å². The van der Waals surface area contributed by atoms with Crippen LogP contribution in [0.4, 0.5) is 0 Å². The maximum Gasteiger partial charge on any atom is 0.405 e. The van der Waals surface area contributed by atoms with Crippen molar-refractivity contribution in [1.82, 2.24) is 0 Å². The maximum atomic E-state index is 12.4. The molecule has 19 heavy (non-hydrogen) atoms. The van der Waals surface area contributed by atoms with Gasteiger partial charge in [0.05, 0.1) is 17.9 Å². The van der Waals surface area contributed by atoms with Crippen LogP contribution in [0.3, 0.4) is 0 Å². The van der Waals surface area contributed by atoms with Crippen molar-refractivity contribution in [2.45, 2.75) is 0 Å². The molecule has 0 fully saturated rings. The van der Waals surface area contributed by atoms with E-state index in [1.165, 1.54) is 7.11 Å². The summed E-state index contributed by atoms with van der Waals surface area (Å²) in [6, 6.07) is 14.5. The number of esters is 1. The molecule has 3 rings (SSSR count). The first-order valence-corrected chi connectivity index (χ1v) is 5.85. The topological polar surface area (TPSA) is 53.2 Å². The number of carbonyl (C=O) groups is 1. The fourth-order valence-corrected chi connectivity index (χ4v) is 2.32. The molecule has 0 bridgehead atoms. The fourth-order valence-electron chi connectivity index (χ4n) is 2.32. The lowest BCUT2D eigenvalue weighted by atomic mass is 10.0. The molecule has 94 valence electrons. The Morgan fingerprint density at radius 1 is 1.00 bits per heavy atom. The van der Waals surface area contributed by atoms with Crippen molar-refractivity contribution >= 4 is 27.6 Å². The summed E-state index contributed by atoms with van der Waals surface area (Å²) in [6.45, 7) is 0. The second-order valence-corrected chi connectivity index (χ2v) is 4.20. The van der Waals surface area contributed by atoms with Gasteiger partial charge in [0.25, 0.3) is 0 Å². The van der Waals surface area contributed by atoms with Gasteiger partial charge in [-0.3, -0.25) is 0 Å². The zero-order chi connectivity index (χ0) is 13.4. The second kappa shape index (κ2) is 4.24. The number of fused-ring (bicyclic) bond motifs is 3. The maximum absolute atomic E-state index is 12.4. The highest BCUT2D eigenvalue weighted by Gasteiger charge is 2.24. The van der Waals surface area contributed by atoms with Crippen LogP contribution in [0.25, 0.3) is 21.7 Å². The Balaban J connectivity index is 2.59. The van der Waals surface area contributed by atoms with Gasteiger partial charge in [-0.1, -0.05) is 30.3 Å². The van der Waals surface area contributed by atoms with Gasteiger partial charge in [-0.15, -0.1) is 0 Å². The number of benzene rings is 2. The van der Waals surface area contributed by atoms with E-state index in [0.717, 1.165) is 10.8 Å². The molecule has 0 unspecified atom stereocenters. The molecule has 0 atom stereocenters. The van der Waals surface area contributed by atoms with E-state index in [-0.39, 0.29) is 5.69 Å². The Labute approximate surface area is 109 Å². The van der Waals surface area contributed by atoms with Crippen LogP contribution in [-0.2, 0) is 4.74 Å². The van der Waals surface area contributed by atoms with E-state index in [9.17, 15) is 10.0 Å². The van der Waals surface area contributed by atoms with Gasteiger partial charge in [-0.05, 0) is 12.1 Å². The van der Waals surface area contributed by atoms with Crippen molar-refractivity contribution < 1.29 is 14.3 Å². The van der Waals surface area contributed by atoms with E-state index >= 15 is 0 Å². The molecule has 2 aromatic carbocycles. The number of hydrogen-bond donors (Lipinski definition) is 0. The molecule has 0 N–H and O–H groups in total. The third-order valence-corrected chi connectivity index (χ3v) is 3.18. The van der Waals surface area contributed by atoms with Crippen molar-refractivity contribution in [2.24, 2.45) is 0 Å². The van der Waals surface area contributed by atoms with Gasteiger partial charge in [0.15, 0.2) is 0 Å². The number of ether oxygens (including phenoxy) is 1. The zero-order valence-electron chi connectivity index (χ0n) is 10.3. The number of methoxy groups -OCH3 is 1. The Bertz CT molecular complexity index is 796. The number of nitrogens with zero attached hydrogens (tertiary/aromatic N) is 1. The predicted octanol–water partition coefficient (Wildman–Crippen LogP) is 2.41. The van der Waals surface area contributed by atoms with Gasteiger partial charge >= 0.3 is 11.7 Å². The van der Waals surface area contributed by atoms with Crippen LogP contribution in [0, 0.1) is 5.21 Å². The molecule has 0 saturated heterocycles. The smallest absolute Gasteiger partial charge is 0.405 e. The van der Waals surface area contributed by atoms with Gasteiger partial charge in [0, 0.05) is 11.5 Å². The third kappa shape index (κ3) is 1.61. The molecule has 4 nitrogen and oxygen atoms in total. The molecule has 0 amide bonds. The van der Waals surface area contributed by atoms with Crippen LogP contribution in [-0.4, -0.2) is 13.1 Å². The number of carbonyl (C=O) groups excluding carboxylic acids is 1. The van der Waals surface area contributed by atoms with Crippen LogP contribution < -0.4 is 4.73 Å². The van der Waals surface area contributed by atoms with E-state index < -0.39 is 5.97 Å². The van der Waals surface area contributed by atoms with Crippen molar-refractivity contribution in [1.29, 1.82) is 0 Å². The Hall–Kier alpha value is -2.62. The minimum Gasteiger partial charge on any atom is -0.618 e. The number of hydrogen-bond acceptors (Lipinski definition) is 3. The first kappa shape index (κ1) is 11.5. The lowest BCUT2D eigenvalue weighted by molar-refractivity contribution is -0.578. The average molecular weight is 253 g/mol. The summed E-state index contributed by atoms with van der Waals surface area (Å²) in [6.07, 6.45) is 0. The lowest BCUT2D eigenvalue weighted by Crippen LogP contribution is -2.36. The number of aromatic nitrogens is 1. The van der Waals surface area contributed by atoms with E-state index in [4.69, 9.17) is 4.74 Å². The Morgan fingerprint density at radius 3 is 2.26 bits per heavy atom. The summed E-state index contributed by atoms with van der Waals surface area (Å²) in [4.78, 5) is 11.8. The van der Waals surface area contributed by atoms with E-state index in [0.29, 0.717) is 15.6 Å². The van der Waals surface area contributed by atoms with Crippen LogP contribution >= 0.6 is 0 Å². The fraction of sp³-hybridized carbons (Fsp3) is 0.0667.